The minimum Gasteiger partial charge on any atom is -0.324 e. The molecule has 2 aromatic carbocycles. The first-order valence-corrected chi connectivity index (χ1v) is 12.0. The molecule has 2 aliphatic heterocycles. The first-order valence-electron chi connectivity index (χ1n) is 12.0. The van der Waals surface area contributed by atoms with E-state index in [1.54, 1.807) is 45.9 Å². The van der Waals surface area contributed by atoms with Crippen molar-refractivity contribution in [3.8, 4) is 0 Å². The first-order chi connectivity index (χ1) is 17.8. The SMILES string of the molecule is CC(=O)c1ccc(NC(=O)N2C[C@@H]3C[C@H](C2)c2ccc(NC(=O)Nc4cccc(F)c4)c(=O)n2C3)cc1. The number of carbonyl (C=O) groups excluding carboxylic acids is 3. The van der Waals surface area contributed by atoms with Crippen LogP contribution in [-0.4, -0.2) is 40.4 Å². The fraction of sp³-hybridized carbons (Fsp3) is 0.259. The summed E-state index contributed by atoms with van der Waals surface area (Å²) in [5.41, 5.74) is 2.09. The second-order valence-electron chi connectivity index (χ2n) is 9.44. The summed E-state index contributed by atoms with van der Waals surface area (Å²) >= 11 is 0. The van der Waals surface area contributed by atoms with Gasteiger partial charge in [-0.15, -0.1) is 0 Å². The van der Waals surface area contributed by atoms with Crippen LogP contribution in [0.2, 0.25) is 0 Å². The number of aromatic nitrogens is 1. The highest BCUT2D eigenvalue weighted by atomic mass is 19.1. The van der Waals surface area contributed by atoms with Crippen molar-refractivity contribution in [3.05, 3.63) is 88.1 Å². The van der Waals surface area contributed by atoms with Gasteiger partial charge in [-0.1, -0.05) is 6.07 Å². The van der Waals surface area contributed by atoms with Gasteiger partial charge in [0.05, 0.1) is 0 Å². The number of likely N-dealkylation sites (tertiary alicyclic amines) is 1. The number of halogens is 1. The number of anilines is 3. The Morgan fingerprint density at radius 1 is 0.892 bits per heavy atom. The Kier molecular flexibility index (Phi) is 6.47. The number of hydrogen-bond donors (Lipinski definition) is 3. The number of amides is 4. The highest BCUT2D eigenvalue weighted by molar-refractivity contribution is 5.99. The van der Waals surface area contributed by atoms with E-state index in [-0.39, 0.29) is 40.6 Å². The Morgan fingerprint density at radius 3 is 2.41 bits per heavy atom. The maximum atomic E-state index is 13.4. The second-order valence-corrected chi connectivity index (χ2v) is 9.44. The molecule has 1 saturated heterocycles. The number of benzene rings is 2. The summed E-state index contributed by atoms with van der Waals surface area (Å²) in [6.07, 6.45) is 0.864. The fourth-order valence-corrected chi connectivity index (χ4v) is 5.05. The largest absolute Gasteiger partial charge is 0.324 e. The maximum Gasteiger partial charge on any atom is 0.323 e. The number of urea groups is 2. The Hall–Kier alpha value is -4.47. The fourth-order valence-electron chi connectivity index (χ4n) is 5.05. The molecule has 2 atom stereocenters. The molecule has 4 amide bonds. The van der Waals surface area contributed by atoms with Gasteiger partial charge in [0.2, 0.25) is 0 Å². The quantitative estimate of drug-likeness (QED) is 0.456. The molecule has 2 aliphatic rings. The molecular formula is C27H26FN5O4. The van der Waals surface area contributed by atoms with Gasteiger partial charge in [-0.3, -0.25) is 9.59 Å². The van der Waals surface area contributed by atoms with Gasteiger partial charge >= 0.3 is 12.1 Å². The lowest BCUT2D eigenvalue weighted by Crippen LogP contribution is -2.50. The lowest BCUT2D eigenvalue weighted by Gasteiger charge is -2.42. The predicted molar refractivity (Wildman–Crippen MR) is 138 cm³/mol. The zero-order valence-electron chi connectivity index (χ0n) is 20.2. The van der Waals surface area contributed by atoms with Crippen molar-refractivity contribution in [2.75, 3.05) is 29.0 Å². The summed E-state index contributed by atoms with van der Waals surface area (Å²) in [6.45, 7) is 2.88. The number of hydrogen-bond acceptors (Lipinski definition) is 4. The van der Waals surface area contributed by atoms with Crippen LogP contribution in [0, 0.1) is 11.7 Å². The molecule has 3 heterocycles. The zero-order chi connectivity index (χ0) is 26.1. The number of nitrogens with one attached hydrogen (secondary N) is 3. The summed E-state index contributed by atoms with van der Waals surface area (Å²) in [5.74, 6) is -0.444. The van der Waals surface area contributed by atoms with Gasteiger partial charge in [0.1, 0.15) is 11.5 Å². The highest BCUT2D eigenvalue weighted by Gasteiger charge is 2.36. The van der Waals surface area contributed by atoms with Crippen LogP contribution in [0.3, 0.4) is 0 Å². The third-order valence-corrected chi connectivity index (χ3v) is 6.76. The lowest BCUT2D eigenvalue weighted by atomic mass is 9.83. The minimum absolute atomic E-state index is 0.0128. The molecule has 9 nitrogen and oxygen atoms in total. The number of pyridine rings is 1. The summed E-state index contributed by atoms with van der Waals surface area (Å²) in [6, 6.07) is 14.7. The van der Waals surface area contributed by atoms with Gasteiger partial charge in [0.25, 0.3) is 5.56 Å². The molecule has 1 aromatic heterocycles. The minimum atomic E-state index is -0.640. The van der Waals surface area contributed by atoms with Crippen LogP contribution >= 0.6 is 0 Å². The molecule has 5 rings (SSSR count). The molecule has 0 aliphatic carbocycles. The number of rotatable bonds is 4. The van der Waals surface area contributed by atoms with Crippen molar-refractivity contribution in [2.24, 2.45) is 5.92 Å². The van der Waals surface area contributed by atoms with Crippen molar-refractivity contribution in [3.63, 3.8) is 0 Å². The number of nitrogens with zero attached hydrogens (tertiary/aromatic N) is 2. The van der Waals surface area contributed by atoms with Crippen LogP contribution in [0.15, 0.2) is 65.5 Å². The van der Waals surface area contributed by atoms with E-state index in [4.69, 9.17) is 0 Å². The standard InChI is InChI=1S/C27H26FN5O4/c1-16(34)18-5-7-21(8-6-18)30-27(37)32-13-17-11-19(15-32)24-10-9-23(25(35)33(24)14-17)31-26(36)29-22-4-2-3-20(28)12-22/h2-10,12,17,19H,11,13-15H2,1H3,(H,30,37)(H2,29,31,36)/t17-,19+/m0/s1. The lowest BCUT2D eigenvalue weighted by molar-refractivity contribution is 0.101. The summed E-state index contributed by atoms with van der Waals surface area (Å²) in [5, 5.41) is 7.96. The molecule has 1 fully saturated rings. The third kappa shape index (κ3) is 5.23. The van der Waals surface area contributed by atoms with Crippen LogP contribution in [-0.2, 0) is 6.54 Å². The van der Waals surface area contributed by atoms with Gasteiger partial charge < -0.3 is 25.4 Å². The Labute approximate surface area is 212 Å². The van der Waals surface area contributed by atoms with Crippen molar-refractivity contribution in [1.29, 1.82) is 0 Å². The molecule has 0 radical (unpaired) electrons. The van der Waals surface area contributed by atoms with Gasteiger partial charge in [0.15, 0.2) is 5.78 Å². The topological polar surface area (TPSA) is 113 Å². The Balaban J connectivity index is 1.26. The number of fused-ring (bicyclic) bond motifs is 4. The van der Waals surface area contributed by atoms with Crippen LogP contribution < -0.4 is 21.5 Å². The van der Waals surface area contributed by atoms with E-state index >= 15 is 0 Å². The van der Waals surface area contributed by atoms with Crippen molar-refractivity contribution < 1.29 is 18.8 Å². The van der Waals surface area contributed by atoms with Crippen molar-refractivity contribution >= 4 is 34.9 Å². The average molecular weight is 504 g/mol. The Morgan fingerprint density at radius 2 is 1.68 bits per heavy atom. The van der Waals surface area contributed by atoms with E-state index in [0.717, 1.165) is 12.1 Å². The van der Waals surface area contributed by atoms with Gasteiger partial charge in [-0.25, -0.2) is 14.0 Å². The first kappa shape index (κ1) is 24.2. The summed E-state index contributed by atoms with van der Waals surface area (Å²) in [4.78, 5) is 51.7. The molecule has 190 valence electrons. The van der Waals surface area contributed by atoms with Crippen LogP contribution in [0.4, 0.5) is 31.0 Å². The molecule has 3 N–H and O–H groups in total. The smallest absolute Gasteiger partial charge is 0.323 e. The molecular weight excluding hydrogens is 477 g/mol. The predicted octanol–water partition coefficient (Wildman–Crippen LogP) is 4.49. The van der Waals surface area contributed by atoms with Crippen LogP contribution in [0.25, 0.3) is 0 Å². The summed E-state index contributed by atoms with van der Waals surface area (Å²) < 4.78 is 15.0. The van der Waals surface area contributed by atoms with E-state index in [0.29, 0.717) is 30.9 Å². The van der Waals surface area contributed by atoms with E-state index < -0.39 is 11.8 Å². The van der Waals surface area contributed by atoms with Crippen molar-refractivity contribution in [1.82, 2.24) is 9.47 Å². The monoisotopic (exact) mass is 503 g/mol. The average Bonchev–Trinajstić information content (AvgIpc) is 2.86. The van der Waals surface area contributed by atoms with Gasteiger partial charge in [-0.05, 0) is 73.9 Å². The molecule has 37 heavy (non-hydrogen) atoms. The van der Waals surface area contributed by atoms with Crippen molar-refractivity contribution in [2.45, 2.75) is 25.8 Å². The second kappa shape index (κ2) is 9.88. The molecule has 2 bridgehead atoms. The molecule has 3 aromatic rings. The molecule has 0 unspecified atom stereocenters. The normalized spacial score (nSPS) is 17.9. The Bertz CT molecular complexity index is 1440. The number of ketones is 1. The third-order valence-electron chi connectivity index (χ3n) is 6.76. The van der Waals surface area contributed by atoms with Crippen LogP contribution in [0.5, 0.6) is 0 Å². The molecule has 0 saturated carbocycles. The number of carbonyl (C=O) groups is 3. The van der Waals surface area contributed by atoms with Gasteiger partial charge in [-0.2, -0.15) is 0 Å². The molecule has 0 spiro atoms. The summed E-state index contributed by atoms with van der Waals surface area (Å²) in [7, 11) is 0. The maximum absolute atomic E-state index is 13.4. The van der Waals surface area contributed by atoms with Gasteiger partial charge in [0, 0.05) is 48.2 Å². The van der Waals surface area contributed by atoms with E-state index in [9.17, 15) is 23.6 Å². The van der Waals surface area contributed by atoms with E-state index in [1.165, 1.54) is 25.1 Å². The highest BCUT2D eigenvalue weighted by Crippen LogP contribution is 2.35. The number of Topliss-reactive ketones (excluding diaryl/α,β-unsaturated/α-hetero) is 1. The van der Waals surface area contributed by atoms with E-state index in [2.05, 4.69) is 16.0 Å². The molecule has 10 heteroatoms. The zero-order valence-corrected chi connectivity index (χ0v) is 20.2. The number of piperidine rings is 1. The van der Waals surface area contributed by atoms with E-state index in [1.807, 2.05) is 6.07 Å². The van der Waals surface area contributed by atoms with Crippen LogP contribution in [0.1, 0.15) is 35.3 Å².